The van der Waals surface area contributed by atoms with E-state index in [0.29, 0.717) is 0 Å². The molecule has 2 fully saturated rings. The summed E-state index contributed by atoms with van der Waals surface area (Å²) in [5.74, 6) is 1.03. The zero-order chi connectivity index (χ0) is 14.1. The third-order valence-corrected chi connectivity index (χ3v) is 4.41. The lowest BCUT2D eigenvalue weighted by Crippen LogP contribution is -2.21. The average molecular weight is 287 g/mol. The molecule has 0 aromatic carbocycles. The summed E-state index contributed by atoms with van der Waals surface area (Å²) in [6.45, 7) is 2.55. The highest BCUT2D eigenvalue weighted by atomic mass is 16.5. The van der Waals surface area contributed by atoms with E-state index in [9.17, 15) is 0 Å². The molecule has 4 rings (SSSR count). The number of imidazole rings is 1. The number of hydrogen-bond donors (Lipinski definition) is 0. The summed E-state index contributed by atoms with van der Waals surface area (Å²) in [5, 5.41) is 0. The van der Waals surface area contributed by atoms with Crippen molar-refractivity contribution in [3.8, 4) is 0 Å². The topological polar surface area (TPSA) is 49.2 Å². The molecule has 2 aliphatic rings. The van der Waals surface area contributed by atoms with Crippen LogP contribution in [-0.2, 0) is 16.0 Å². The van der Waals surface area contributed by atoms with Gasteiger partial charge in [0, 0.05) is 19.4 Å². The number of aromatic nitrogens is 3. The molecule has 0 amide bonds. The second-order valence-corrected chi connectivity index (χ2v) is 5.92. The number of nitrogens with zero attached hydrogens (tertiary/aromatic N) is 3. The molecule has 0 aliphatic carbocycles. The molecule has 0 bridgehead atoms. The van der Waals surface area contributed by atoms with Crippen molar-refractivity contribution in [2.24, 2.45) is 0 Å². The molecule has 2 saturated heterocycles. The number of rotatable bonds is 3. The highest BCUT2D eigenvalue weighted by Crippen LogP contribution is 2.30. The first kappa shape index (κ1) is 13.2. The lowest BCUT2D eigenvalue weighted by molar-refractivity contribution is 0.00581. The smallest absolute Gasteiger partial charge is 0.160 e. The molecule has 2 unspecified atom stereocenters. The predicted molar refractivity (Wildman–Crippen MR) is 79.0 cm³/mol. The minimum atomic E-state index is 0.106. The maximum atomic E-state index is 5.95. The van der Waals surface area contributed by atoms with Gasteiger partial charge in [-0.3, -0.25) is 0 Å². The molecule has 0 N–H and O–H groups in total. The van der Waals surface area contributed by atoms with Crippen molar-refractivity contribution >= 4 is 11.2 Å². The van der Waals surface area contributed by atoms with Gasteiger partial charge in [-0.05, 0) is 44.2 Å². The van der Waals surface area contributed by atoms with E-state index in [-0.39, 0.29) is 12.2 Å². The summed E-state index contributed by atoms with van der Waals surface area (Å²) in [6, 6.07) is 3.97. The fourth-order valence-electron chi connectivity index (χ4n) is 3.34. The Bertz CT molecular complexity index is 613. The van der Waals surface area contributed by atoms with Gasteiger partial charge in [0.1, 0.15) is 17.4 Å². The number of ether oxygens (including phenoxy) is 2. The molecule has 0 saturated carbocycles. The predicted octanol–water partition coefficient (Wildman–Crippen LogP) is 2.85. The van der Waals surface area contributed by atoms with Crippen molar-refractivity contribution in [2.75, 3.05) is 13.2 Å². The Morgan fingerprint density at radius 1 is 1.14 bits per heavy atom. The number of fused-ring (bicyclic) bond motifs is 1. The van der Waals surface area contributed by atoms with Crippen LogP contribution in [0.25, 0.3) is 11.2 Å². The van der Waals surface area contributed by atoms with Crippen LogP contribution < -0.4 is 0 Å². The summed E-state index contributed by atoms with van der Waals surface area (Å²) in [5.41, 5.74) is 1.91. The molecule has 4 heterocycles. The zero-order valence-electron chi connectivity index (χ0n) is 12.2. The van der Waals surface area contributed by atoms with Gasteiger partial charge in [-0.25, -0.2) is 9.97 Å². The van der Waals surface area contributed by atoms with Gasteiger partial charge >= 0.3 is 0 Å². The summed E-state index contributed by atoms with van der Waals surface area (Å²) < 4.78 is 14.0. The van der Waals surface area contributed by atoms with Gasteiger partial charge in [0.25, 0.3) is 0 Å². The van der Waals surface area contributed by atoms with Crippen LogP contribution in [0.1, 0.15) is 44.0 Å². The van der Waals surface area contributed by atoms with E-state index in [1.165, 1.54) is 6.42 Å². The molecule has 5 heteroatoms. The Balaban J connectivity index is 1.72. The largest absolute Gasteiger partial charge is 0.376 e. The maximum Gasteiger partial charge on any atom is 0.160 e. The lowest BCUT2D eigenvalue weighted by Gasteiger charge is -2.23. The van der Waals surface area contributed by atoms with Gasteiger partial charge < -0.3 is 14.0 Å². The van der Waals surface area contributed by atoms with E-state index in [2.05, 4.69) is 9.55 Å². The van der Waals surface area contributed by atoms with Gasteiger partial charge in [0.2, 0.25) is 0 Å². The van der Waals surface area contributed by atoms with E-state index in [1.54, 1.807) is 0 Å². The highest BCUT2D eigenvalue weighted by molar-refractivity contribution is 5.71. The van der Waals surface area contributed by atoms with Crippen molar-refractivity contribution in [3.05, 3.63) is 24.2 Å². The molecule has 112 valence electrons. The normalized spacial score (nSPS) is 26.5. The van der Waals surface area contributed by atoms with Crippen molar-refractivity contribution < 1.29 is 9.47 Å². The van der Waals surface area contributed by atoms with E-state index in [1.807, 2.05) is 18.3 Å². The number of pyridine rings is 1. The van der Waals surface area contributed by atoms with E-state index in [4.69, 9.17) is 14.5 Å². The fourth-order valence-corrected chi connectivity index (χ4v) is 3.34. The first-order valence-electron chi connectivity index (χ1n) is 7.96. The average Bonchev–Trinajstić information content (AvgIpc) is 3.17. The third kappa shape index (κ3) is 2.56. The molecule has 2 aliphatic heterocycles. The monoisotopic (exact) mass is 287 g/mol. The first-order chi connectivity index (χ1) is 10.4. The van der Waals surface area contributed by atoms with Crippen molar-refractivity contribution in [2.45, 2.75) is 50.9 Å². The van der Waals surface area contributed by atoms with Crippen molar-refractivity contribution in [3.63, 3.8) is 0 Å². The van der Waals surface area contributed by atoms with Gasteiger partial charge in [-0.15, -0.1) is 0 Å². The molecule has 21 heavy (non-hydrogen) atoms. The van der Waals surface area contributed by atoms with E-state index >= 15 is 0 Å². The van der Waals surface area contributed by atoms with Gasteiger partial charge in [0.15, 0.2) is 5.65 Å². The summed E-state index contributed by atoms with van der Waals surface area (Å²) in [7, 11) is 0. The van der Waals surface area contributed by atoms with E-state index < -0.39 is 0 Å². The Morgan fingerprint density at radius 3 is 2.90 bits per heavy atom. The van der Waals surface area contributed by atoms with Crippen LogP contribution in [0.4, 0.5) is 0 Å². The SMILES string of the molecule is c1cnc2c(c1)nc(C1CCCCO1)n2CC1CCCO1. The molecule has 2 atom stereocenters. The minimum absolute atomic E-state index is 0.106. The molecular weight excluding hydrogens is 266 g/mol. The third-order valence-electron chi connectivity index (χ3n) is 4.41. The second kappa shape index (κ2) is 5.73. The molecule has 0 spiro atoms. The summed E-state index contributed by atoms with van der Waals surface area (Å²) >= 11 is 0. The Kier molecular flexibility index (Phi) is 3.61. The van der Waals surface area contributed by atoms with Crippen LogP contribution in [0.15, 0.2) is 18.3 Å². The van der Waals surface area contributed by atoms with Crippen LogP contribution in [0.3, 0.4) is 0 Å². The van der Waals surface area contributed by atoms with Crippen molar-refractivity contribution in [1.29, 1.82) is 0 Å². The fraction of sp³-hybridized carbons (Fsp3) is 0.625. The molecule has 0 radical (unpaired) electrons. The summed E-state index contributed by atoms with van der Waals surface area (Å²) in [6.07, 6.45) is 7.91. The zero-order valence-corrected chi connectivity index (χ0v) is 12.2. The van der Waals surface area contributed by atoms with Gasteiger partial charge in [-0.2, -0.15) is 0 Å². The molecular formula is C16H21N3O2. The second-order valence-electron chi connectivity index (χ2n) is 5.92. The summed E-state index contributed by atoms with van der Waals surface area (Å²) in [4.78, 5) is 9.33. The van der Waals surface area contributed by atoms with Crippen LogP contribution in [0.2, 0.25) is 0 Å². The molecule has 5 nitrogen and oxygen atoms in total. The lowest BCUT2D eigenvalue weighted by atomic mass is 10.1. The standard InChI is InChI=1S/C16H21N3O2/c1-2-9-21-14(7-1)16-18-13-6-3-8-17-15(13)19(16)11-12-5-4-10-20-12/h3,6,8,12,14H,1-2,4-5,7,9-11H2. The van der Waals surface area contributed by atoms with Crippen LogP contribution in [0, 0.1) is 0 Å². The maximum absolute atomic E-state index is 5.95. The highest BCUT2D eigenvalue weighted by Gasteiger charge is 2.26. The minimum Gasteiger partial charge on any atom is -0.376 e. The van der Waals surface area contributed by atoms with Gasteiger partial charge in [0.05, 0.1) is 12.6 Å². The Hall–Kier alpha value is -1.46. The van der Waals surface area contributed by atoms with Crippen molar-refractivity contribution in [1.82, 2.24) is 14.5 Å². The van der Waals surface area contributed by atoms with Crippen LogP contribution in [-0.4, -0.2) is 33.9 Å². The van der Waals surface area contributed by atoms with Gasteiger partial charge in [-0.1, -0.05) is 0 Å². The molecule has 2 aromatic rings. The molecule has 2 aromatic heterocycles. The Labute approximate surface area is 124 Å². The van der Waals surface area contributed by atoms with Crippen LogP contribution in [0.5, 0.6) is 0 Å². The van der Waals surface area contributed by atoms with Crippen LogP contribution >= 0.6 is 0 Å². The quantitative estimate of drug-likeness (QED) is 0.871. The number of hydrogen-bond acceptors (Lipinski definition) is 4. The Morgan fingerprint density at radius 2 is 2.10 bits per heavy atom. The first-order valence-corrected chi connectivity index (χ1v) is 7.96. The van der Waals surface area contributed by atoms with E-state index in [0.717, 1.165) is 62.4 Å².